The normalized spacial score (nSPS) is 18.4. The molecule has 0 rings (SSSR count). The van der Waals surface area contributed by atoms with E-state index in [4.69, 9.17) is 9.42 Å². The van der Waals surface area contributed by atoms with Gasteiger partial charge in [0.25, 0.3) is 0 Å². The van der Waals surface area contributed by atoms with Gasteiger partial charge in [-0.3, -0.25) is 9.09 Å². The van der Waals surface area contributed by atoms with Gasteiger partial charge in [0.15, 0.2) is 0 Å². The highest BCUT2D eigenvalue weighted by atomic mass is 31.2. The minimum atomic E-state index is -3.57. The Labute approximate surface area is 66.9 Å². The minimum absolute atomic E-state index is 0.371. The average Bonchev–Trinajstić information content (AvgIpc) is 2.00. The van der Waals surface area contributed by atoms with Crippen molar-refractivity contribution in [2.24, 2.45) is 0 Å². The summed E-state index contributed by atoms with van der Waals surface area (Å²) < 4.78 is 15.6. The van der Waals surface area contributed by atoms with Gasteiger partial charge in [-0.25, -0.2) is 0 Å². The minimum Gasteiger partial charge on any atom is -0.321 e. The lowest BCUT2D eigenvalue weighted by molar-refractivity contribution is 0.214. The van der Waals surface area contributed by atoms with Crippen LogP contribution in [0.1, 0.15) is 13.3 Å². The molecular weight excluding hydrogens is 163 g/mol. The second-order valence-electron chi connectivity index (χ2n) is 2.03. The maximum absolute atomic E-state index is 10.9. The SMILES string of the molecule is C=CC(CC)OP(=O)(O)C=C. The Morgan fingerprint density at radius 3 is 2.55 bits per heavy atom. The van der Waals surface area contributed by atoms with Crippen LogP contribution in [0.2, 0.25) is 0 Å². The quantitative estimate of drug-likeness (QED) is 0.516. The summed E-state index contributed by atoms with van der Waals surface area (Å²) in [7, 11) is -3.57. The van der Waals surface area contributed by atoms with Crippen molar-refractivity contribution in [3.8, 4) is 0 Å². The molecule has 0 aliphatic rings. The molecule has 0 aromatic carbocycles. The van der Waals surface area contributed by atoms with E-state index < -0.39 is 7.60 Å². The fourth-order valence-electron chi connectivity index (χ4n) is 0.521. The predicted molar refractivity (Wildman–Crippen MR) is 45.4 cm³/mol. The van der Waals surface area contributed by atoms with Crippen LogP contribution in [0.5, 0.6) is 0 Å². The molecule has 0 fully saturated rings. The van der Waals surface area contributed by atoms with Gasteiger partial charge in [0.1, 0.15) is 0 Å². The average molecular weight is 176 g/mol. The van der Waals surface area contributed by atoms with Crippen molar-refractivity contribution in [3.05, 3.63) is 25.1 Å². The van der Waals surface area contributed by atoms with Gasteiger partial charge < -0.3 is 4.89 Å². The van der Waals surface area contributed by atoms with Gasteiger partial charge in [-0.15, -0.1) is 6.58 Å². The van der Waals surface area contributed by atoms with Crippen LogP contribution in [0.25, 0.3) is 0 Å². The van der Waals surface area contributed by atoms with Gasteiger partial charge >= 0.3 is 7.60 Å². The van der Waals surface area contributed by atoms with Crippen molar-refractivity contribution in [2.75, 3.05) is 0 Å². The standard InChI is InChI=1S/C7H13O3P/c1-4-7(5-2)10-11(8,9)6-3/h4,6-7H,1,3,5H2,2H3,(H,8,9). The molecule has 0 spiro atoms. The highest BCUT2D eigenvalue weighted by Crippen LogP contribution is 2.44. The Kier molecular flexibility index (Phi) is 4.34. The molecule has 0 saturated heterocycles. The van der Waals surface area contributed by atoms with Crippen LogP contribution in [0.3, 0.4) is 0 Å². The molecule has 2 unspecified atom stereocenters. The van der Waals surface area contributed by atoms with E-state index in [1.165, 1.54) is 6.08 Å². The van der Waals surface area contributed by atoms with E-state index in [-0.39, 0.29) is 6.10 Å². The van der Waals surface area contributed by atoms with E-state index in [0.29, 0.717) is 6.42 Å². The van der Waals surface area contributed by atoms with Crippen molar-refractivity contribution in [3.63, 3.8) is 0 Å². The van der Waals surface area contributed by atoms with Crippen molar-refractivity contribution in [1.29, 1.82) is 0 Å². The molecule has 3 nitrogen and oxygen atoms in total. The third kappa shape index (κ3) is 4.14. The lowest BCUT2D eigenvalue weighted by Crippen LogP contribution is -2.04. The molecule has 0 aromatic heterocycles. The highest BCUT2D eigenvalue weighted by Gasteiger charge is 2.17. The zero-order valence-corrected chi connectivity index (χ0v) is 7.46. The van der Waals surface area contributed by atoms with Gasteiger partial charge in [-0.1, -0.05) is 19.6 Å². The summed E-state index contributed by atoms with van der Waals surface area (Å²) in [6.45, 7) is 8.48. The van der Waals surface area contributed by atoms with Crippen LogP contribution < -0.4 is 0 Å². The van der Waals surface area contributed by atoms with Crippen molar-refractivity contribution in [1.82, 2.24) is 0 Å². The maximum Gasteiger partial charge on any atom is 0.351 e. The zero-order chi connectivity index (χ0) is 8.91. The zero-order valence-electron chi connectivity index (χ0n) is 6.56. The molecule has 0 saturated carbocycles. The topological polar surface area (TPSA) is 46.5 Å². The van der Waals surface area contributed by atoms with Gasteiger partial charge in [0.05, 0.1) is 6.10 Å². The molecule has 0 bridgehead atoms. The Hall–Kier alpha value is -0.370. The highest BCUT2D eigenvalue weighted by molar-refractivity contribution is 7.56. The summed E-state index contributed by atoms with van der Waals surface area (Å²) in [6, 6.07) is 0. The third-order valence-electron chi connectivity index (χ3n) is 1.18. The summed E-state index contributed by atoms with van der Waals surface area (Å²) in [5.74, 6) is 0.916. The summed E-state index contributed by atoms with van der Waals surface area (Å²) in [5.41, 5.74) is 0. The van der Waals surface area contributed by atoms with E-state index in [0.717, 1.165) is 5.82 Å². The molecule has 0 aromatic rings. The Morgan fingerprint density at radius 1 is 1.73 bits per heavy atom. The largest absolute Gasteiger partial charge is 0.351 e. The number of hydrogen-bond acceptors (Lipinski definition) is 2. The second-order valence-corrected chi connectivity index (χ2v) is 3.74. The number of rotatable bonds is 5. The first kappa shape index (κ1) is 10.6. The van der Waals surface area contributed by atoms with Crippen LogP contribution in [-0.4, -0.2) is 11.0 Å². The summed E-state index contributed by atoms with van der Waals surface area (Å²) in [6.07, 6.45) is 1.75. The van der Waals surface area contributed by atoms with Gasteiger partial charge in [0, 0.05) is 5.82 Å². The van der Waals surface area contributed by atoms with Crippen LogP contribution in [0.4, 0.5) is 0 Å². The lowest BCUT2D eigenvalue weighted by Gasteiger charge is -2.13. The molecule has 1 N–H and O–H groups in total. The molecule has 2 atom stereocenters. The first-order valence-electron chi connectivity index (χ1n) is 3.32. The van der Waals surface area contributed by atoms with Crippen LogP contribution in [0.15, 0.2) is 25.1 Å². The molecule has 4 heteroatoms. The molecule has 0 radical (unpaired) electrons. The number of hydrogen-bond donors (Lipinski definition) is 1. The van der Waals surface area contributed by atoms with E-state index in [2.05, 4.69) is 13.2 Å². The van der Waals surface area contributed by atoms with E-state index >= 15 is 0 Å². The molecule has 0 aliphatic carbocycles. The molecule has 0 aliphatic heterocycles. The van der Waals surface area contributed by atoms with Crippen molar-refractivity contribution in [2.45, 2.75) is 19.4 Å². The van der Waals surface area contributed by atoms with Crippen molar-refractivity contribution < 1.29 is 14.0 Å². The molecule has 11 heavy (non-hydrogen) atoms. The molecule has 0 amide bonds. The predicted octanol–water partition coefficient (Wildman–Crippen LogP) is 2.30. The lowest BCUT2D eigenvalue weighted by atomic mass is 10.3. The van der Waals surface area contributed by atoms with Crippen LogP contribution in [0, 0.1) is 0 Å². The Balaban J connectivity index is 4.10. The monoisotopic (exact) mass is 176 g/mol. The van der Waals surface area contributed by atoms with Gasteiger partial charge in [0.2, 0.25) is 0 Å². The van der Waals surface area contributed by atoms with Gasteiger partial charge in [-0.2, -0.15) is 0 Å². The maximum atomic E-state index is 10.9. The molecular formula is C7H13O3P. The smallest absolute Gasteiger partial charge is 0.321 e. The fourth-order valence-corrected chi connectivity index (χ4v) is 1.23. The molecule has 0 heterocycles. The van der Waals surface area contributed by atoms with Crippen LogP contribution in [-0.2, 0) is 9.09 Å². The van der Waals surface area contributed by atoms with Gasteiger partial charge in [-0.05, 0) is 6.42 Å². The first-order chi connectivity index (χ1) is 5.05. The first-order valence-corrected chi connectivity index (χ1v) is 4.97. The Bertz CT molecular complexity index is 188. The third-order valence-corrected chi connectivity index (χ3v) is 2.22. The van der Waals surface area contributed by atoms with E-state index in [1.807, 2.05) is 6.92 Å². The summed E-state index contributed by atoms with van der Waals surface area (Å²) in [4.78, 5) is 8.92. The second kappa shape index (κ2) is 4.50. The Morgan fingerprint density at radius 2 is 2.27 bits per heavy atom. The van der Waals surface area contributed by atoms with Crippen molar-refractivity contribution >= 4 is 7.60 Å². The fraction of sp³-hybridized carbons (Fsp3) is 0.429. The molecule has 64 valence electrons. The van der Waals surface area contributed by atoms with E-state index in [9.17, 15) is 4.57 Å². The summed E-state index contributed by atoms with van der Waals surface area (Å²) in [5, 5.41) is 0. The summed E-state index contributed by atoms with van der Waals surface area (Å²) >= 11 is 0. The van der Waals surface area contributed by atoms with Crippen LogP contribution >= 0.6 is 7.60 Å². The van der Waals surface area contributed by atoms with E-state index in [1.54, 1.807) is 0 Å².